The molecule has 0 saturated carbocycles. The van der Waals surface area contributed by atoms with Crippen LogP contribution in [0.2, 0.25) is 0 Å². The molecule has 1 N–H and O–H groups in total. The van der Waals surface area contributed by atoms with Crippen LogP contribution in [0.1, 0.15) is 5.56 Å². The molecule has 0 aromatic heterocycles. The molecule has 1 aromatic rings. The summed E-state index contributed by atoms with van der Waals surface area (Å²) in [5.41, 5.74) is 1.37. The van der Waals surface area contributed by atoms with E-state index < -0.39 is 11.9 Å². The monoisotopic (exact) mass is 537 g/mol. The normalized spacial score (nSPS) is 11.9. The molecular weight excluding hydrogens is 521 g/mol. The van der Waals surface area contributed by atoms with E-state index in [2.05, 4.69) is 22.9 Å². The number of halogens is 3. The summed E-state index contributed by atoms with van der Waals surface area (Å²) in [5, 5.41) is 3.04. The van der Waals surface area contributed by atoms with Crippen LogP contribution in [-0.4, -0.2) is 32.8 Å². The number of hydrogen-bond donors (Lipinski definition) is 1. The van der Waals surface area contributed by atoms with Crippen molar-refractivity contribution in [3.63, 3.8) is 0 Å². The predicted molar refractivity (Wildman–Crippen MR) is 77.5 cm³/mol. The van der Waals surface area contributed by atoms with Gasteiger partial charge in [-0.2, -0.15) is 30.4 Å². The number of rotatable bonds is 5. The largest absolute Gasteiger partial charge is 2.00 e. The summed E-state index contributed by atoms with van der Waals surface area (Å²) in [4.78, 5) is 3.83. The van der Waals surface area contributed by atoms with Gasteiger partial charge in [-0.25, -0.2) is 0 Å². The summed E-state index contributed by atoms with van der Waals surface area (Å²) < 4.78 is 43.1. The predicted octanol–water partition coefficient (Wildman–Crippen LogP) is 3.02. The van der Waals surface area contributed by atoms with Crippen molar-refractivity contribution >= 4 is 12.4 Å². The molecule has 0 unspecified atom stereocenters. The molecule has 0 aliphatic rings. The van der Waals surface area contributed by atoms with E-state index >= 15 is 0 Å². The number of aliphatic imine (C=N–C) groups is 1. The zero-order valence-corrected chi connectivity index (χ0v) is 16.6. The van der Waals surface area contributed by atoms with E-state index in [1.807, 2.05) is 5.43 Å². The number of allylic oxidation sites excluding steroid dienone is 2. The quantitative estimate of drug-likeness (QED) is 0.357. The van der Waals surface area contributed by atoms with Crippen LogP contribution in [0.3, 0.4) is 0 Å². The maximum Gasteiger partial charge on any atom is 2.00 e. The molecule has 0 aliphatic heterocycles. The molecule has 0 saturated heterocycles. The van der Waals surface area contributed by atoms with Gasteiger partial charge in [0.25, 0.3) is 0 Å². The van der Waals surface area contributed by atoms with E-state index in [4.69, 9.17) is 4.74 Å². The summed E-state index contributed by atoms with van der Waals surface area (Å²) >= 11 is 0. The summed E-state index contributed by atoms with van der Waals surface area (Å²) in [6.07, 6.45) is -3.72. The Kier molecular flexibility index (Phi) is 10.9. The van der Waals surface area contributed by atoms with Crippen molar-refractivity contribution in [3.05, 3.63) is 49.0 Å². The third-order valence-electron chi connectivity index (χ3n) is 2.33. The van der Waals surface area contributed by atoms with Crippen LogP contribution in [0, 0.1) is 44.6 Å². The van der Waals surface area contributed by atoms with Gasteiger partial charge in [0.05, 0.1) is 7.11 Å². The molecule has 0 heterocycles. The number of nitrogens with zero attached hydrogens (tertiary/aromatic N) is 2. The van der Waals surface area contributed by atoms with Gasteiger partial charge in [0, 0.05) is 25.2 Å². The smallest absolute Gasteiger partial charge is 0.523 e. The number of ether oxygens (including phenoxy) is 1. The second-order valence-corrected chi connectivity index (χ2v) is 3.58. The first-order valence-corrected chi connectivity index (χ1v) is 5.46. The Morgan fingerprint density at radius 1 is 1.41 bits per heavy atom. The van der Waals surface area contributed by atoms with Gasteiger partial charge >= 0.3 is 37.3 Å². The van der Waals surface area contributed by atoms with E-state index in [0.29, 0.717) is 11.3 Å². The summed E-state index contributed by atoms with van der Waals surface area (Å²) in [7, 11) is 2.87. The van der Waals surface area contributed by atoms with Crippen LogP contribution in [-0.2, 0) is 0 Å². The SMILES string of the molecule is C=NN/C(=C\C(=NC)c1c[c-]c(OC)cc1)C(F)(F)F.[CH3-].[U+2]. The minimum atomic E-state index is -4.58. The van der Waals surface area contributed by atoms with Gasteiger partial charge in [0.15, 0.2) is 0 Å². The molecular formula is C14H16F3N3OU. The fourth-order valence-corrected chi connectivity index (χ4v) is 1.37. The topological polar surface area (TPSA) is 46.0 Å². The maximum atomic E-state index is 12.7. The average molecular weight is 537 g/mol. The van der Waals surface area contributed by atoms with Crippen LogP contribution >= 0.6 is 0 Å². The Morgan fingerprint density at radius 2 is 2.05 bits per heavy atom. The van der Waals surface area contributed by atoms with Gasteiger partial charge in [0.1, 0.15) is 5.70 Å². The summed E-state index contributed by atoms with van der Waals surface area (Å²) in [6.45, 7) is 2.98. The molecule has 0 amide bonds. The standard InChI is InChI=1S/C13H13F3N3O.CH3.U/c1-17-11(8-12(19-18-2)13(14,15)16)9-4-6-10(20-3)7-5-9;;/h4-6,8,19H,2H2,1,3H3;1H3;/q2*-1;+2/b12-8-,17-11?;;. The zero-order valence-electron chi connectivity index (χ0n) is 12.5. The van der Waals surface area contributed by atoms with Crippen molar-refractivity contribution in [3.8, 4) is 5.75 Å². The molecule has 8 heteroatoms. The molecule has 1 rings (SSSR count). The van der Waals surface area contributed by atoms with Crippen LogP contribution < -0.4 is 10.2 Å². The number of benzene rings is 1. The molecule has 0 aliphatic carbocycles. The third-order valence-corrected chi connectivity index (χ3v) is 2.33. The van der Waals surface area contributed by atoms with Crippen molar-refractivity contribution in [1.29, 1.82) is 0 Å². The Morgan fingerprint density at radius 3 is 2.41 bits per heavy atom. The van der Waals surface area contributed by atoms with Gasteiger partial charge in [-0.3, -0.25) is 5.43 Å². The molecule has 0 atom stereocenters. The van der Waals surface area contributed by atoms with Crippen LogP contribution in [0.5, 0.6) is 5.75 Å². The van der Waals surface area contributed by atoms with Crippen molar-refractivity contribution in [2.75, 3.05) is 14.2 Å². The number of alkyl halides is 3. The second-order valence-electron chi connectivity index (χ2n) is 3.58. The first kappa shape index (κ1) is 23.0. The van der Waals surface area contributed by atoms with Gasteiger partial charge < -0.3 is 17.2 Å². The van der Waals surface area contributed by atoms with Gasteiger partial charge in [-0.1, -0.05) is 0 Å². The molecule has 0 bridgehead atoms. The molecule has 0 radical (unpaired) electrons. The Balaban J connectivity index is 0. The number of methoxy groups -OCH3 is 1. The third kappa shape index (κ3) is 6.67. The number of hydrogen-bond acceptors (Lipinski definition) is 4. The van der Waals surface area contributed by atoms with E-state index in [-0.39, 0.29) is 44.3 Å². The zero-order chi connectivity index (χ0) is 15.2. The number of hydrazone groups is 1. The van der Waals surface area contributed by atoms with Gasteiger partial charge in [-0.05, 0) is 6.08 Å². The fraction of sp³-hybridized carbons (Fsp3) is 0.214. The van der Waals surface area contributed by atoms with Gasteiger partial charge in [0.2, 0.25) is 0 Å². The first-order valence-electron chi connectivity index (χ1n) is 5.46. The van der Waals surface area contributed by atoms with Crippen molar-refractivity contribution in [2.45, 2.75) is 6.18 Å². The van der Waals surface area contributed by atoms with Crippen molar-refractivity contribution in [2.24, 2.45) is 10.1 Å². The number of nitrogens with one attached hydrogen (secondary N) is 1. The maximum absolute atomic E-state index is 12.7. The average Bonchev–Trinajstić information content (AvgIpc) is 2.42. The Hall–Kier alpha value is -1.26. The molecule has 0 fully saturated rings. The Labute approximate surface area is 151 Å². The molecule has 1 aromatic carbocycles. The van der Waals surface area contributed by atoms with Crippen LogP contribution in [0.25, 0.3) is 0 Å². The minimum Gasteiger partial charge on any atom is -0.523 e. The summed E-state index contributed by atoms with van der Waals surface area (Å²) in [5.74, 6) is 0.482. The van der Waals surface area contributed by atoms with E-state index in [1.54, 1.807) is 12.1 Å². The van der Waals surface area contributed by atoms with Crippen molar-refractivity contribution < 1.29 is 49.0 Å². The molecule has 118 valence electrons. The molecule has 4 nitrogen and oxygen atoms in total. The fourth-order valence-electron chi connectivity index (χ4n) is 1.37. The van der Waals surface area contributed by atoms with Crippen LogP contribution in [0.4, 0.5) is 13.2 Å². The Bertz CT molecular complexity index is 525. The van der Waals surface area contributed by atoms with Crippen LogP contribution in [0.15, 0.2) is 40.1 Å². The molecule has 0 spiro atoms. The summed E-state index contributed by atoms with van der Waals surface area (Å²) in [6, 6.07) is 7.44. The van der Waals surface area contributed by atoms with E-state index in [9.17, 15) is 13.2 Å². The molecule has 22 heavy (non-hydrogen) atoms. The first-order chi connectivity index (χ1) is 9.42. The van der Waals surface area contributed by atoms with Crippen molar-refractivity contribution in [1.82, 2.24) is 5.43 Å². The van der Waals surface area contributed by atoms with E-state index in [0.717, 1.165) is 6.08 Å². The second kappa shape index (κ2) is 10.5. The van der Waals surface area contributed by atoms with E-state index in [1.165, 1.54) is 20.2 Å². The van der Waals surface area contributed by atoms with Gasteiger partial charge in [-0.15, -0.1) is 17.7 Å². The minimum absolute atomic E-state index is 0.